The van der Waals surface area contributed by atoms with Crippen LogP contribution >= 0.6 is 38.6 Å². The summed E-state index contributed by atoms with van der Waals surface area (Å²) in [4.78, 5) is 22.9. The molecule has 3 heterocycles. The molecule has 4 N–H and O–H groups in total. The van der Waals surface area contributed by atoms with E-state index in [1.807, 2.05) is 35.0 Å². The molecule has 9 heteroatoms. The van der Waals surface area contributed by atoms with E-state index in [9.17, 15) is 4.79 Å². The second-order valence-electron chi connectivity index (χ2n) is 5.29. The molecule has 0 aliphatic rings. The number of H-pyrrole nitrogens is 2. The van der Waals surface area contributed by atoms with E-state index >= 15 is 0 Å². The Hall–Kier alpha value is -2.23. The van der Waals surface area contributed by atoms with Gasteiger partial charge in [0.2, 0.25) is 0 Å². The number of thiazole rings is 1. The zero-order valence-corrected chi connectivity index (χ0v) is 16.0. The quantitative estimate of drug-likeness (QED) is 0.448. The van der Waals surface area contributed by atoms with E-state index in [1.165, 1.54) is 0 Å². The minimum atomic E-state index is -0.243. The van der Waals surface area contributed by atoms with Crippen molar-refractivity contribution >= 4 is 61.4 Å². The van der Waals surface area contributed by atoms with Gasteiger partial charge in [-0.05, 0) is 45.1 Å². The minimum Gasteiger partial charge on any atom is -0.334 e. The van der Waals surface area contributed by atoms with Crippen LogP contribution < -0.4 is 15.6 Å². The van der Waals surface area contributed by atoms with Crippen molar-refractivity contribution in [1.29, 1.82) is 0 Å². The van der Waals surface area contributed by atoms with Crippen LogP contribution in [-0.4, -0.2) is 16.0 Å². The van der Waals surface area contributed by atoms with Gasteiger partial charge in [0.1, 0.15) is 0 Å². The number of halogens is 1. The van der Waals surface area contributed by atoms with Gasteiger partial charge in [0.05, 0.1) is 9.30 Å². The number of amides is 2. The van der Waals surface area contributed by atoms with Gasteiger partial charge >= 0.3 is 11.9 Å². The Morgan fingerprint density at radius 3 is 3.04 bits per heavy atom. The van der Waals surface area contributed by atoms with Gasteiger partial charge in [0, 0.05) is 23.7 Å². The van der Waals surface area contributed by atoms with E-state index in [-0.39, 0.29) is 6.03 Å². The summed E-state index contributed by atoms with van der Waals surface area (Å²) in [6, 6.07) is 7.41. The van der Waals surface area contributed by atoms with Crippen molar-refractivity contribution in [3.05, 3.63) is 49.9 Å². The number of benzene rings is 1. The molecule has 0 bridgehead atoms. The van der Waals surface area contributed by atoms with Crippen LogP contribution in [0, 0.1) is 0 Å². The second-order valence-corrected chi connectivity index (χ2v) is 8.24. The highest BCUT2D eigenvalue weighted by Crippen LogP contribution is 2.23. The van der Waals surface area contributed by atoms with E-state index in [4.69, 9.17) is 0 Å². The van der Waals surface area contributed by atoms with Crippen LogP contribution in [-0.2, 0) is 6.54 Å². The fourth-order valence-corrected chi connectivity index (χ4v) is 4.18. The third-order valence-corrected chi connectivity index (χ3v) is 6.02. The lowest BCUT2D eigenvalue weighted by molar-refractivity contribution is -0.330. The lowest BCUT2D eigenvalue weighted by atomic mass is 10.3. The normalized spacial score (nSPS) is 10.9. The summed E-state index contributed by atoms with van der Waals surface area (Å²) in [5, 5.41) is 9.65. The van der Waals surface area contributed by atoms with Gasteiger partial charge in [-0.3, -0.25) is 0 Å². The summed E-state index contributed by atoms with van der Waals surface area (Å²) in [6.45, 7) is 0.475. The molecule has 0 fully saturated rings. The van der Waals surface area contributed by atoms with Crippen LogP contribution in [0.15, 0.2) is 44.3 Å². The number of thiophene rings is 1. The first-order valence-electron chi connectivity index (χ1n) is 7.39. The average molecular weight is 435 g/mol. The molecule has 0 unspecified atom stereocenters. The third-order valence-electron chi connectivity index (χ3n) is 3.62. The van der Waals surface area contributed by atoms with Crippen LogP contribution in [0.1, 0.15) is 5.56 Å². The van der Waals surface area contributed by atoms with Crippen LogP contribution in [0.2, 0.25) is 0 Å². The number of aromatic amines is 2. The molecule has 4 rings (SSSR count). The number of fused-ring (bicyclic) bond motifs is 1. The Balaban J connectivity index is 1.46. The number of aromatic nitrogens is 3. The van der Waals surface area contributed by atoms with Crippen LogP contribution in [0.5, 0.6) is 0 Å². The Kier molecular flexibility index (Phi) is 4.51. The molecule has 126 valence electrons. The number of rotatable bonds is 4. The van der Waals surface area contributed by atoms with Crippen molar-refractivity contribution in [2.45, 2.75) is 6.54 Å². The van der Waals surface area contributed by atoms with Crippen molar-refractivity contribution in [3.8, 4) is 11.5 Å². The maximum absolute atomic E-state index is 12.1. The summed E-state index contributed by atoms with van der Waals surface area (Å²) in [5.41, 5.74) is 6.29. The maximum Gasteiger partial charge on any atom is 0.319 e. The topological polar surface area (TPSA) is 83.9 Å². The Morgan fingerprint density at radius 1 is 1.36 bits per heavy atom. The molecule has 0 aliphatic heterocycles. The van der Waals surface area contributed by atoms with E-state index in [0.717, 1.165) is 37.6 Å². The molecule has 2 amide bonds. The van der Waals surface area contributed by atoms with Crippen molar-refractivity contribution in [2.75, 3.05) is 5.32 Å². The molecule has 1 aromatic carbocycles. The number of carbonyl (C=O) groups excluding carboxylic acids is 1. The summed E-state index contributed by atoms with van der Waals surface area (Å²) >= 11 is 6.60. The fourth-order valence-electron chi connectivity index (χ4n) is 2.40. The van der Waals surface area contributed by atoms with Gasteiger partial charge in [-0.15, -0.1) is 22.7 Å². The van der Waals surface area contributed by atoms with Gasteiger partial charge in [-0.1, -0.05) is 0 Å². The Labute approximate surface area is 159 Å². The fraction of sp³-hybridized carbons (Fsp3) is 0.0625. The molecule has 6 nitrogen and oxygen atoms in total. The van der Waals surface area contributed by atoms with Crippen molar-refractivity contribution in [3.63, 3.8) is 0 Å². The molecular weight excluding hydrogens is 422 g/mol. The second kappa shape index (κ2) is 6.95. The predicted molar refractivity (Wildman–Crippen MR) is 104 cm³/mol. The van der Waals surface area contributed by atoms with Crippen molar-refractivity contribution in [1.82, 2.24) is 15.3 Å². The van der Waals surface area contributed by atoms with Crippen LogP contribution in [0.4, 0.5) is 10.5 Å². The Morgan fingerprint density at radius 2 is 2.28 bits per heavy atom. The number of nitrogens with zero attached hydrogens (tertiary/aromatic N) is 1. The molecule has 3 aromatic heterocycles. The van der Waals surface area contributed by atoms with Gasteiger partial charge < -0.3 is 10.6 Å². The van der Waals surface area contributed by atoms with E-state index < -0.39 is 0 Å². The molecule has 0 radical (unpaired) electrons. The van der Waals surface area contributed by atoms with Crippen molar-refractivity contribution in [2.24, 2.45) is 0 Å². The Bertz CT molecular complexity index is 1020. The summed E-state index contributed by atoms with van der Waals surface area (Å²) in [5.74, 6) is 0.847. The first-order valence-corrected chi connectivity index (χ1v) is 10.0. The van der Waals surface area contributed by atoms with Crippen LogP contribution in [0.25, 0.3) is 22.6 Å². The largest absolute Gasteiger partial charge is 0.334 e. The summed E-state index contributed by atoms with van der Waals surface area (Å²) in [7, 11) is 0. The zero-order valence-electron chi connectivity index (χ0n) is 12.8. The number of nitrogens with one attached hydrogen (secondary N) is 4. The molecule has 0 saturated heterocycles. The number of anilines is 1. The SMILES string of the molecule is O=C(NCc1ccsc1Br)Nc1ccc2[nH+]c(-c3cscn3)[nH]c2c1. The molecular formula is C16H13BrN5OS2+. The number of hydrogen-bond donors (Lipinski definition) is 3. The van der Waals surface area contributed by atoms with Gasteiger partial charge in [-0.2, -0.15) is 0 Å². The monoisotopic (exact) mass is 434 g/mol. The summed E-state index contributed by atoms with van der Waals surface area (Å²) in [6.07, 6.45) is 0. The average Bonchev–Trinajstić information content (AvgIpc) is 3.33. The van der Waals surface area contributed by atoms with Crippen LogP contribution in [0.3, 0.4) is 0 Å². The molecule has 0 spiro atoms. The lowest BCUT2D eigenvalue weighted by Gasteiger charge is -2.06. The molecule has 4 aromatic rings. The zero-order chi connectivity index (χ0) is 17.2. The summed E-state index contributed by atoms with van der Waals surface area (Å²) < 4.78 is 1.03. The highest BCUT2D eigenvalue weighted by Gasteiger charge is 2.14. The number of carbonyl (C=O) groups is 1. The number of hydrogen-bond acceptors (Lipinski definition) is 4. The number of imidazole rings is 1. The predicted octanol–water partition coefficient (Wildman–Crippen LogP) is 4.25. The molecule has 0 saturated carbocycles. The molecule has 25 heavy (non-hydrogen) atoms. The van der Waals surface area contributed by atoms with Crippen molar-refractivity contribution < 1.29 is 9.78 Å². The first-order chi connectivity index (χ1) is 12.2. The maximum atomic E-state index is 12.1. The van der Waals surface area contributed by atoms with Gasteiger partial charge in [0.15, 0.2) is 16.7 Å². The van der Waals surface area contributed by atoms with E-state index in [1.54, 1.807) is 28.2 Å². The molecule has 0 atom stereocenters. The van der Waals surface area contributed by atoms with E-state index in [2.05, 4.69) is 41.5 Å². The smallest absolute Gasteiger partial charge is 0.319 e. The van der Waals surface area contributed by atoms with E-state index in [0.29, 0.717) is 6.54 Å². The highest BCUT2D eigenvalue weighted by molar-refractivity contribution is 9.11. The van der Waals surface area contributed by atoms with Gasteiger partial charge in [0.25, 0.3) is 0 Å². The number of urea groups is 1. The standard InChI is InChI=1S/C16H12BrN5OS2/c17-14-9(3-4-25-14)6-18-16(23)20-10-1-2-11-12(5-10)22-15(21-11)13-7-24-8-19-13/h1-5,7-8H,6H2,(H,21,22)(H2,18,20,23)/p+1. The highest BCUT2D eigenvalue weighted by atomic mass is 79.9. The lowest BCUT2D eigenvalue weighted by Crippen LogP contribution is -2.28. The third kappa shape index (κ3) is 3.58. The first kappa shape index (κ1) is 16.2. The molecule has 0 aliphatic carbocycles. The minimum absolute atomic E-state index is 0.243. The van der Waals surface area contributed by atoms with Gasteiger partial charge in [-0.25, -0.2) is 19.7 Å².